The van der Waals surface area contributed by atoms with E-state index in [1.54, 1.807) is 19.9 Å². The highest BCUT2D eigenvalue weighted by molar-refractivity contribution is 5.85. The molecule has 0 saturated carbocycles. The minimum Gasteiger partial charge on any atom is -0.508 e. The number of esters is 1. The Bertz CT molecular complexity index is 729. The van der Waals surface area contributed by atoms with Gasteiger partial charge in [-0.1, -0.05) is 13.8 Å². The second-order valence-corrected chi connectivity index (χ2v) is 5.09. The summed E-state index contributed by atoms with van der Waals surface area (Å²) < 4.78 is 10.4. The quantitative estimate of drug-likeness (QED) is 0.692. The third-order valence-electron chi connectivity index (χ3n) is 3.60. The fraction of sp³-hybridized carbons (Fsp3) is 0.375. The summed E-state index contributed by atoms with van der Waals surface area (Å²) >= 11 is 0. The van der Waals surface area contributed by atoms with Gasteiger partial charge in [0, 0.05) is 22.6 Å². The fourth-order valence-electron chi connectivity index (χ4n) is 1.99. The normalized spacial score (nSPS) is 12.3. The van der Waals surface area contributed by atoms with Gasteiger partial charge in [-0.2, -0.15) is 0 Å². The van der Waals surface area contributed by atoms with Crippen LogP contribution in [-0.4, -0.2) is 11.1 Å². The van der Waals surface area contributed by atoms with Crippen LogP contribution >= 0.6 is 0 Å². The number of rotatable bonds is 4. The topological polar surface area (TPSA) is 76.7 Å². The van der Waals surface area contributed by atoms with E-state index < -0.39 is 5.63 Å². The predicted molar refractivity (Wildman–Crippen MR) is 78.1 cm³/mol. The van der Waals surface area contributed by atoms with Gasteiger partial charge >= 0.3 is 11.6 Å². The lowest BCUT2D eigenvalue weighted by atomic mass is 10.1. The molecule has 1 aromatic heterocycles. The first-order valence-corrected chi connectivity index (χ1v) is 6.86. The predicted octanol–water partition coefficient (Wildman–Crippen LogP) is 2.90. The second-order valence-electron chi connectivity index (χ2n) is 5.09. The van der Waals surface area contributed by atoms with Gasteiger partial charge in [-0.25, -0.2) is 4.79 Å². The Balaban J connectivity index is 2.38. The molecule has 5 nitrogen and oxygen atoms in total. The third kappa shape index (κ3) is 3.07. The van der Waals surface area contributed by atoms with Crippen LogP contribution in [0.25, 0.3) is 11.0 Å². The van der Waals surface area contributed by atoms with E-state index in [0.29, 0.717) is 28.5 Å². The molecule has 112 valence electrons. The number of carbonyl (C=O) groups is 1. The molecule has 1 atom stereocenters. The van der Waals surface area contributed by atoms with Crippen molar-refractivity contribution in [3.05, 3.63) is 39.7 Å². The average Bonchev–Trinajstić information content (AvgIpc) is 2.47. The maximum Gasteiger partial charge on any atom is 0.336 e. The van der Waals surface area contributed by atoms with Gasteiger partial charge < -0.3 is 14.3 Å². The Morgan fingerprint density at radius 1 is 1.43 bits per heavy atom. The molecule has 0 saturated heterocycles. The molecule has 1 N–H and O–H groups in total. The smallest absolute Gasteiger partial charge is 0.336 e. The van der Waals surface area contributed by atoms with E-state index in [-0.39, 0.29) is 24.2 Å². The van der Waals surface area contributed by atoms with Gasteiger partial charge in [0.05, 0.1) is 5.92 Å². The largest absolute Gasteiger partial charge is 0.508 e. The van der Waals surface area contributed by atoms with Crippen LogP contribution in [0.1, 0.15) is 31.4 Å². The van der Waals surface area contributed by atoms with Gasteiger partial charge in [0.2, 0.25) is 0 Å². The zero-order valence-electron chi connectivity index (χ0n) is 12.3. The summed E-state index contributed by atoms with van der Waals surface area (Å²) in [5, 5.41) is 10.3. The van der Waals surface area contributed by atoms with Crippen LogP contribution in [0, 0.1) is 12.8 Å². The number of phenols is 1. The Kier molecular flexibility index (Phi) is 4.31. The molecular weight excluding hydrogens is 272 g/mol. The molecule has 5 heteroatoms. The SMILES string of the molecule is CC[C@@H](C)C(=O)OCc1cc(=O)oc2c(C)c(O)ccc12. The number of hydrogen-bond donors (Lipinski definition) is 1. The average molecular weight is 290 g/mol. The van der Waals surface area contributed by atoms with Gasteiger partial charge in [-0.05, 0) is 25.5 Å². The second kappa shape index (κ2) is 5.99. The van der Waals surface area contributed by atoms with Gasteiger partial charge in [0.25, 0.3) is 0 Å². The van der Waals surface area contributed by atoms with E-state index in [1.165, 1.54) is 12.1 Å². The van der Waals surface area contributed by atoms with Crippen LogP contribution in [0.4, 0.5) is 0 Å². The Morgan fingerprint density at radius 3 is 2.81 bits per heavy atom. The van der Waals surface area contributed by atoms with Gasteiger partial charge in [-0.15, -0.1) is 0 Å². The first-order valence-electron chi connectivity index (χ1n) is 6.86. The van der Waals surface area contributed by atoms with Crippen molar-refractivity contribution in [3.63, 3.8) is 0 Å². The van der Waals surface area contributed by atoms with E-state index in [1.807, 2.05) is 6.92 Å². The summed E-state index contributed by atoms with van der Waals surface area (Å²) in [6.45, 7) is 5.37. The Labute approximate surface area is 122 Å². The minimum absolute atomic E-state index is 0.00941. The molecule has 0 aliphatic carbocycles. The Morgan fingerprint density at radius 2 is 2.14 bits per heavy atom. The summed E-state index contributed by atoms with van der Waals surface area (Å²) in [7, 11) is 0. The zero-order chi connectivity index (χ0) is 15.6. The molecule has 0 unspecified atom stereocenters. The van der Waals surface area contributed by atoms with Gasteiger partial charge in [-0.3, -0.25) is 4.79 Å². The van der Waals surface area contributed by atoms with Crippen LogP contribution in [0.2, 0.25) is 0 Å². The van der Waals surface area contributed by atoms with Gasteiger partial charge in [0.15, 0.2) is 0 Å². The summed E-state index contributed by atoms with van der Waals surface area (Å²) in [6, 6.07) is 4.48. The molecular formula is C16H18O5. The van der Waals surface area contributed by atoms with E-state index in [0.717, 1.165) is 0 Å². The summed E-state index contributed by atoms with van der Waals surface area (Å²) in [5.41, 5.74) is 0.837. The first-order chi connectivity index (χ1) is 9.93. The third-order valence-corrected chi connectivity index (χ3v) is 3.60. The molecule has 21 heavy (non-hydrogen) atoms. The highest BCUT2D eigenvalue weighted by Crippen LogP contribution is 2.27. The molecule has 1 aromatic carbocycles. The van der Waals surface area contributed by atoms with Crippen LogP contribution in [0.15, 0.2) is 27.4 Å². The highest BCUT2D eigenvalue weighted by atomic mass is 16.5. The molecule has 0 aliphatic heterocycles. The lowest BCUT2D eigenvalue weighted by molar-refractivity contribution is -0.149. The van der Waals surface area contributed by atoms with Crippen LogP contribution in [-0.2, 0) is 16.1 Å². The Hall–Kier alpha value is -2.30. The zero-order valence-corrected chi connectivity index (χ0v) is 12.3. The number of fused-ring (bicyclic) bond motifs is 1. The number of aromatic hydroxyl groups is 1. The number of phenolic OH excluding ortho intramolecular Hbond substituents is 1. The van der Waals surface area contributed by atoms with Crippen LogP contribution in [0.3, 0.4) is 0 Å². The molecule has 0 aliphatic rings. The van der Waals surface area contributed by atoms with Crippen molar-refractivity contribution < 1.29 is 19.1 Å². The standard InChI is InChI=1S/C16H18O5/c1-4-9(2)16(19)20-8-11-7-14(18)21-15-10(3)13(17)6-5-12(11)15/h5-7,9,17H,4,8H2,1-3H3/t9-/m1/s1. The van der Waals surface area contributed by atoms with E-state index in [9.17, 15) is 14.7 Å². The summed E-state index contributed by atoms with van der Waals surface area (Å²) in [5.74, 6) is -0.420. The van der Waals surface area contributed by atoms with Crippen LogP contribution in [0.5, 0.6) is 5.75 Å². The van der Waals surface area contributed by atoms with Crippen molar-refractivity contribution in [1.82, 2.24) is 0 Å². The summed E-state index contributed by atoms with van der Waals surface area (Å²) in [6.07, 6.45) is 0.698. The maximum atomic E-state index is 11.7. The maximum absolute atomic E-state index is 11.7. The molecule has 2 aromatic rings. The van der Waals surface area contributed by atoms with Crippen LogP contribution < -0.4 is 5.63 Å². The van der Waals surface area contributed by atoms with Crippen molar-refractivity contribution >= 4 is 16.9 Å². The number of aryl methyl sites for hydroxylation is 1. The first kappa shape index (κ1) is 15.1. The van der Waals surface area contributed by atoms with Gasteiger partial charge in [0.1, 0.15) is 17.9 Å². The minimum atomic E-state index is -0.536. The monoisotopic (exact) mass is 290 g/mol. The fourth-order valence-corrected chi connectivity index (χ4v) is 1.99. The lowest BCUT2D eigenvalue weighted by Crippen LogP contribution is -2.14. The lowest BCUT2D eigenvalue weighted by Gasteiger charge is -2.11. The van der Waals surface area contributed by atoms with Crippen molar-refractivity contribution in [2.45, 2.75) is 33.8 Å². The van der Waals surface area contributed by atoms with Crippen molar-refractivity contribution in [3.8, 4) is 5.75 Å². The highest BCUT2D eigenvalue weighted by Gasteiger charge is 2.15. The molecule has 2 rings (SSSR count). The summed E-state index contributed by atoms with van der Waals surface area (Å²) in [4.78, 5) is 23.3. The molecule has 0 bridgehead atoms. The number of carbonyl (C=O) groups excluding carboxylic acids is 1. The van der Waals surface area contributed by atoms with E-state index in [2.05, 4.69) is 0 Å². The van der Waals surface area contributed by atoms with Crippen molar-refractivity contribution in [2.24, 2.45) is 5.92 Å². The molecule has 1 heterocycles. The number of hydrogen-bond acceptors (Lipinski definition) is 5. The van der Waals surface area contributed by atoms with E-state index in [4.69, 9.17) is 9.15 Å². The van der Waals surface area contributed by atoms with Crippen molar-refractivity contribution in [2.75, 3.05) is 0 Å². The molecule has 0 fully saturated rings. The van der Waals surface area contributed by atoms with E-state index >= 15 is 0 Å². The number of ether oxygens (including phenoxy) is 1. The molecule has 0 radical (unpaired) electrons. The molecule has 0 amide bonds. The van der Waals surface area contributed by atoms with Crippen molar-refractivity contribution in [1.29, 1.82) is 0 Å². The molecule has 0 spiro atoms. The number of benzene rings is 1.